The highest BCUT2D eigenvalue weighted by Gasteiger charge is 2.25. The van der Waals surface area contributed by atoms with E-state index in [1.165, 1.54) is 13.2 Å². The SMILES string of the molecule is CNC(=O)Nc1ccc(-c2nc(-c3cccnc3S(C)(=O)=O)nc(N3CCOC[C@@H]3C)n2)cc1. The fourth-order valence-electron chi connectivity index (χ4n) is 3.52. The number of nitrogens with one attached hydrogen (secondary N) is 2. The van der Waals surface area contributed by atoms with Gasteiger partial charge in [-0.1, -0.05) is 0 Å². The fraction of sp³-hybridized carbons (Fsp3) is 0.318. The molecule has 12 heteroatoms. The van der Waals surface area contributed by atoms with Crippen molar-refractivity contribution in [2.45, 2.75) is 18.0 Å². The zero-order valence-corrected chi connectivity index (χ0v) is 19.8. The van der Waals surface area contributed by atoms with Gasteiger partial charge in [0.25, 0.3) is 0 Å². The van der Waals surface area contributed by atoms with E-state index < -0.39 is 9.84 Å². The first-order valence-electron chi connectivity index (χ1n) is 10.6. The summed E-state index contributed by atoms with van der Waals surface area (Å²) >= 11 is 0. The van der Waals surface area contributed by atoms with Crippen LogP contribution >= 0.6 is 0 Å². The minimum absolute atomic E-state index is 0.0271. The monoisotopic (exact) mass is 483 g/mol. The molecule has 2 N–H and O–H groups in total. The van der Waals surface area contributed by atoms with Gasteiger partial charge in [0.2, 0.25) is 5.95 Å². The van der Waals surface area contributed by atoms with Gasteiger partial charge in [0.1, 0.15) is 0 Å². The number of carbonyl (C=O) groups is 1. The Hall–Kier alpha value is -3.64. The van der Waals surface area contributed by atoms with Crippen LogP contribution in [-0.4, -0.2) is 73.5 Å². The predicted octanol–water partition coefficient (Wildman–Crippen LogP) is 1.98. The Balaban J connectivity index is 1.83. The summed E-state index contributed by atoms with van der Waals surface area (Å²) in [5.41, 5.74) is 1.58. The fourth-order valence-corrected chi connectivity index (χ4v) is 4.33. The standard InChI is InChI=1S/C22H25N7O4S/c1-14-13-33-12-11-29(14)21-27-18(15-6-8-16(9-7-15)25-22(30)23-2)26-19(28-21)17-5-4-10-24-20(17)34(3,31)32/h4-10,14H,11-13H2,1-3H3,(H2,23,25,30)/t14-/m0/s1. The molecule has 3 aromatic rings. The number of pyridine rings is 1. The highest BCUT2D eigenvalue weighted by Crippen LogP contribution is 2.28. The molecule has 1 atom stereocenters. The van der Waals surface area contributed by atoms with Crippen molar-refractivity contribution in [1.29, 1.82) is 0 Å². The van der Waals surface area contributed by atoms with Gasteiger partial charge in [-0.3, -0.25) is 0 Å². The van der Waals surface area contributed by atoms with Crippen LogP contribution in [0, 0.1) is 0 Å². The maximum atomic E-state index is 12.4. The van der Waals surface area contributed by atoms with Gasteiger partial charge >= 0.3 is 6.03 Å². The molecule has 0 aliphatic carbocycles. The van der Waals surface area contributed by atoms with Crippen molar-refractivity contribution >= 4 is 27.5 Å². The van der Waals surface area contributed by atoms with E-state index in [-0.39, 0.29) is 22.9 Å². The van der Waals surface area contributed by atoms with Crippen LogP contribution in [0.3, 0.4) is 0 Å². The number of ether oxygens (including phenoxy) is 1. The predicted molar refractivity (Wildman–Crippen MR) is 127 cm³/mol. The summed E-state index contributed by atoms with van der Waals surface area (Å²) in [6.07, 6.45) is 2.52. The maximum Gasteiger partial charge on any atom is 0.318 e. The number of morpholine rings is 1. The van der Waals surface area contributed by atoms with Gasteiger partial charge in [0.05, 0.1) is 24.8 Å². The highest BCUT2D eigenvalue weighted by atomic mass is 32.2. The van der Waals surface area contributed by atoms with Crippen LogP contribution in [0.25, 0.3) is 22.8 Å². The van der Waals surface area contributed by atoms with Crippen molar-refractivity contribution in [3.63, 3.8) is 0 Å². The van der Waals surface area contributed by atoms with E-state index in [2.05, 4.69) is 30.6 Å². The summed E-state index contributed by atoms with van der Waals surface area (Å²) in [5.74, 6) is 1.000. The normalized spacial score (nSPS) is 16.2. The average Bonchev–Trinajstić information content (AvgIpc) is 2.84. The lowest BCUT2D eigenvalue weighted by Gasteiger charge is -2.33. The lowest BCUT2D eigenvalue weighted by atomic mass is 10.2. The third-order valence-electron chi connectivity index (χ3n) is 5.24. The van der Waals surface area contributed by atoms with Crippen LogP contribution in [0.1, 0.15) is 6.92 Å². The molecule has 2 aromatic heterocycles. The summed E-state index contributed by atoms with van der Waals surface area (Å²) in [5, 5.41) is 5.10. The Bertz CT molecular complexity index is 1300. The molecule has 1 saturated heterocycles. The lowest BCUT2D eigenvalue weighted by molar-refractivity contribution is 0.0981. The van der Waals surface area contributed by atoms with Gasteiger partial charge in [0, 0.05) is 37.3 Å². The Kier molecular flexibility index (Phi) is 6.70. The Labute approximate surface area is 197 Å². The molecule has 178 valence electrons. The van der Waals surface area contributed by atoms with Crippen molar-refractivity contribution in [3.8, 4) is 22.8 Å². The number of nitrogens with zero attached hydrogens (tertiary/aromatic N) is 5. The number of sulfone groups is 1. The number of benzene rings is 1. The summed E-state index contributed by atoms with van der Waals surface area (Å²) in [4.78, 5) is 31.5. The second-order valence-electron chi connectivity index (χ2n) is 7.81. The summed E-state index contributed by atoms with van der Waals surface area (Å²) in [6, 6.07) is 9.99. The number of carbonyl (C=O) groups excluding carboxylic acids is 1. The molecule has 3 heterocycles. The molecule has 1 aliphatic heterocycles. The minimum Gasteiger partial charge on any atom is -0.377 e. The van der Waals surface area contributed by atoms with Crippen LogP contribution in [0.15, 0.2) is 47.6 Å². The third-order valence-corrected chi connectivity index (χ3v) is 6.27. The van der Waals surface area contributed by atoms with E-state index in [0.29, 0.717) is 48.3 Å². The van der Waals surface area contributed by atoms with Crippen molar-refractivity contribution in [3.05, 3.63) is 42.6 Å². The van der Waals surface area contributed by atoms with Crippen LogP contribution in [0.5, 0.6) is 0 Å². The van der Waals surface area contributed by atoms with E-state index in [4.69, 9.17) is 4.74 Å². The van der Waals surface area contributed by atoms with Crippen molar-refractivity contribution in [2.75, 3.05) is 43.3 Å². The first kappa shape index (κ1) is 23.5. The molecule has 0 unspecified atom stereocenters. The topological polar surface area (TPSA) is 139 Å². The number of urea groups is 1. The summed E-state index contributed by atoms with van der Waals surface area (Å²) in [7, 11) is -2.08. The van der Waals surface area contributed by atoms with Crippen molar-refractivity contribution in [1.82, 2.24) is 25.3 Å². The zero-order valence-electron chi connectivity index (χ0n) is 19.0. The third kappa shape index (κ3) is 5.13. The first-order valence-corrected chi connectivity index (χ1v) is 12.5. The van der Waals surface area contributed by atoms with Crippen LogP contribution in [0.2, 0.25) is 0 Å². The quantitative estimate of drug-likeness (QED) is 0.557. The van der Waals surface area contributed by atoms with Gasteiger partial charge in [-0.15, -0.1) is 0 Å². The van der Waals surface area contributed by atoms with Crippen LogP contribution in [0.4, 0.5) is 16.4 Å². The van der Waals surface area contributed by atoms with Gasteiger partial charge < -0.3 is 20.3 Å². The highest BCUT2D eigenvalue weighted by molar-refractivity contribution is 7.90. The molecule has 0 radical (unpaired) electrons. The Morgan fingerprint density at radius 3 is 2.53 bits per heavy atom. The Morgan fingerprint density at radius 2 is 1.85 bits per heavy atom. The summed E-state index contributed by atoms with van der Waals surface area (Å²) < 4.78 is 30.3. The van der Waals surface area contributed by atoms with Gasteiger partial charge in [-0.2, -0.15) is 9.97 Å². The number of aromatic nitrogens is 4. The van der Waals surface area contributed by atoms with Gasteiger partial charge in [-0.25, -0.2) is 23.2 Å². The molecule has 0 spiro atoms. The number of hydrogen-bond acceptors (Lipinski definition) is 9. The molecule has 1 aromatic carbocycles. The van der Waals surface area contributed by atoms with E-state index in [1.807, 2.05) is 11.8 Å². The van der Waals surface area contributed by atoms with Crippen LogP contribution < -0.4 is 15.5 Å². The number of anilines is 2. The Morgan fingerprint density at radius 1 is 1.12 bits per heavy atom. The average molecular weight is 484 g/mol. The molecular formula is C22H25N7O4S. The first-order chi connectivity index (χ1) is 16.3. The molecule has 34 heavy (non-hydrogen) atoms. The van der Waals surface area contributed by atoms with Crippen molar-refractivity contribution in [2.24, 2.45) is 0 Å². The zero-order chi connectivity index (χ0) is 24.3. The number of rotatable bonds is 5. The molecule has 1 fully saturated rings. The molecule has 0 bridgehead atoms. The maximum absolute atomic E-state index is 12.4. The van der Waals surface area contributed by atoms with Gasteiger partial charge in [0.15, 0.2) is 26.5 Å². The molecule has 11 nitrogen and oxygen atoms in total. The molecule has 0 saturated carbocycles. The largest absolute Gasteiger partial charge is 0.377 e. The lowest BCUT2D eigenvalue weighted by Crippen LogP contribution is -2.44. The smallest absolute Gasteiger partial charge is 0.318 e. The molecular weight excluding hydrogens is 458 g/mol. The van der Waals surface area contributed by atoms with E-state index >= 15 is 0 Å². The second kappa shape index (κ2) is 9.69. The number of hydrogen-bond donors (Lipinski definition) is 2. The van der Waals surface area contributed by atoms with Gasteiger partial charge in [-0.05, 0) is 43.3 Å². The van der Waals surface area contributed by atoms with E-state index in [0.717, 1.165) is 6.26 Å². The molecule has 1 aliphatic rings. The minimum atomic E-state index is -3.62. The van der Waals surface area contributed by atoms with E-state index in [1.54, 1.807) is 36.4 Å². The second-order valence-corrected chi connectivity index (χ2v) is 9.74. The van der Waals surface area contributed by atoms with E-state index in [9.17, 15) is 13.2 Å². The van der Waals surface area contributed by atoms with Crippen molar-refractivity contribution < 1.29 is 17.9 Å². The van der Waals surface area contributed by atoms with Crippen LogP contribution in [-0.2, 0) is 14.6 Å². The number of amides is 2. The molecule has 2 amide bonds. The summed E-state index contributed by atoms with van der Waals surface area (Å²) in [6.45, 7) is 3.65. The molecule has 4 rings (SSSR count).